The summed E-state index contributed by atoms with van der Waals surface area (Å²) in [4.78, 5) is 0. The SMILES string of the molecule is O[C@@H]1CCCC[C@H]1Nc1ccc(F)cc1F. The quantitative estimate of drug-likeness (QED) is 0.814. The van der Waals surface area contributed by atoms with E-state index in [4.69, 9.17) is 0 Å². The molecule has 88 valence electrons. The van der Waals surface area contributed by atoms with Crippen molar-refractivity contribution >= 4 is 5.69 Å². The van der Waals surface area contributed by atoms with E-state index in [1.807, 2.05) is 0 Å². The Kier molecular flexibility index (Phi) is 3.39. The van der Waals surface area contributed by atoms with Gasteiger partial charge >= 0.3 is 0 Å². The first-order valence-electron chi connectivity index (χ1n) is 5.56. The largest absolute Gasteiger partial charge is 0.391 e. The molecule has 0 amide bonds. The molecule has 1 aliphatic rings. The molecule has 2 atom stereocenters. The number of benzene rings is 1. The summed E-state index contributed by atoms with van der Waals surface area (Å²) in [6, 6.07) is 3.29. The zero-order chi connectivity index (χ0) is 11.5. The molecule has 2 rings (SSSR count). The van der Waals surface area contributed by atoms with E-state index in [1.165, 1.54) is 12.1 Å². The van der Waals surface area contributed by atoms with Crippen molar-refractivity contribution in [1.29, 1.82) is 0 Å². The van der Waals surface area contributed by atoms with Gasteiger partial charge in [-0.1, -0.05) is 12.8 Å². The van der Waals surface area contributed by atoms with E-state index in [0.717, 1.165) is 31.7 Å². The van der Waals surface area contributed by atoms with Crippen molar-refractivity contribution in [3.05, 3.63) is 29.8 Å². The minimum absolute atomic E-state index is 0.131. The molecule has 0 aromatic heterocycles. The molecule has 1 fully saturated rings. The minimum Gasteiger partial charge on any atom is -0.391 e. The number of hydrogen-bond acceptors (Lipinski definition) is 2. The zero-order valence-electron chi connectivity index (χ0n) is 8.92. The molecule has 2 N–H and O–H groups in total. The lowest BCUT2D eigenvalue weighted by molar-refractivity contribution is 0.116. The number of aliphatic hydroxyl groups is 1. The highest BCUT2D eigenvalue weighted by Crippen LogP contribution is 2.24. The van der Waals surface area contributed by atoms with E-state index in [0.29, 0.717) is 0 Å². The minimum atomic E-state index is -0.613. The van der Waals surface area contributed by atoms with Crippen molar-refractivity contribution in [2.45, 2.75) is 37.8 Å². The molecule has 1 aliphatic carbocycles. The van der Waals surface area contributed by atoms with Crippen molar-refractivity contribution in [2.24, 2.45) is 0 Å². The number of halogens is 2. The van der Waals surface area contributed by atoms with Crippen molar-refractivity contribution < 1.29 is 13.9 Å². The maximum Gasteiger partial charge on any atom is 0.149 e. The molecule has 0 saturated heterocycles. The van der Waals surface area contributed by atoms with Gasteiger partial charge in [0.1, 0.15) is 11.6 Å². The van der Waals surface area contributed by atoms with Crippen LogP contribution >= 0.6 is 0 Å². The fraction of sp³-hybridized carbons (Fsp3) is 0.500. The fourth-order valence-electron chi connectivity index (χ4n) is 2.09. The lowest BCUT2D eigenvalue weighted by Gasteiger charge is -2.29. The van der Waals surface area contributed by atoms with E-state index in [9.17, 15) is 13.9 Å². The first-order valence-corrected chi connectivity index (χ1v) is 5.56. The molecule has 0 aliphatic heterocycles. The summed E-state index contributed by atoms with van der Waals surface area (Å²) in [6.07, 6.45) is 3.14. The van der Waals surface area contributed by atoms with E-state index < -0.39 is 17.7 Å². The third kappa shape index (κ3) is 2.50. The van der Waals surface area contributed by atoms with Gasteiger partial charge in [0.2, 0.25) is 0 Å². The van der Waals surface area contributed by atoms with Crippen molar-refractivity contribution in [3.63, 3.8) is 0 Å². The standard InChI is InChI=1S/C12H15F2NO/c13-8-5-6-10(9(14)7-8)15-11-3-1-2-4-12(11)16/h5-7,11-12,15-16H,1-4H2/t11-,12-/m1/s1. The zero-order valence-corrected chi connectivity index (χ0v) is 8.92. The van der Waals surface area contributed by atoms with Crippen LogP contribution in [0.2, 0.25) is 0 Å². The lowest BCUT2D eigenvalue weighted by atomic mass is 9.92. The normalized spacial score (nSPS) is 25.4. The van der Waals surface area contributed by atoms with Crippen LogP contribution in [-0.2, 0) is 0 Å². The van der Waals surface area contributed by atoms with Gasteiger partial charge in [-0.05, 0) is 25.0 Å². The summed E-state index contributed by atoms with van der Waals surface area (Å²) in [5, 5.41) is 12.7. The van der Waals surface area contributed by atoms with E-state index >= 15 is 0 Å². The molecule has 1 aromatic rings. The van der Waals surface area contributed by atoms with Gasteiger partial charge in [0.25, 0.3) is 0 Å². The fourth-order valence-corrected chi connectivity index (χ4v) is 2.09. The van der Waals surface area contributed by atoms with Crippen LogP contribution in [0.5, 0.6) is 0 Å². The van der Waals surface area contributed by atoms with Crippen LogP contribution in [0, 0.1) is 11.6 Å². The Morgan fingerprint density at radius 3 is 2.62 bits per heavy atom. The third-order valence-corrected chi connectivity index (χ3v) is 3.00. The molecular formula is C12H15F2NO. The Bertz CT molecular complexity index is 370. The molecule has 16 heavy (non-hydrogen) atoms. The van der Waals surface area contributed by atoms with Crippen LogP contribution in [0.15, 0.2) is 18.2 Å². The second-order valence-electron chi connectivity index (χ2n) is 4.23. The average Bonchev–Trinajstić information content (AvgIpc) is 2.25. The summed E-state index contributed by atoms with van der Waals surface area (Å²) in [5.41, 5.74) is 0.257. The molecule has 0 spiro atoms. The van der Waals surface area contributed by atoms with Crippen LogP contribution in [0.3, 0.4) is 0 Å². The number of nitrogens with one attached hydrogen (secondary N) is 1. The number of aliphatic hydroxyl groups excluding tert-OH is 1. The first kappa shape index (κ1) is 11.3. The highest BCUT2D eigenvalue weighted by atomic mass is 19.1. The van der Waals surface area contributed by atoms with E-state index in [2.05, 4.69) is 5.32 Å². The van der Waals surface area contributed by atoms with Crippen LogP contribution < -0.4 is 5.32 Å². The molecule has 4 heteroatoms. The summed E-state index contributed by atoms with van der Waals surface area (Å²) in [5.74, 6) is -1.20. The van der Waals surface area contributed by atoms with Crippen LogP contribution in [0.25, 0.3) is 0 Å². The molecular weight excluding hydrogens is 212 g/mol. The van der Waals surface area contributed by atoms with Crippen molar-refractivity contribution in [2.75, 3.05) is 5.32 Å². The van der Waals surface area contributed by atoms with Gasteiger partial charge in [0.15, 0.2) is 0 Å². The summed E-state index contributed by atoms with van der Waals surface area (Å²) in [7, 11) is 0. The molecule has 1 saturated carbocycles. The van der Waals surface area contributed by atoms with Crippen LogP contribution in [0.4, 0.5) is 14.5 Å². The van der Waals surface area contributed by atoms with E-state index in [1.54, 1.807) is 0 Å². The maximum absolute atomic E-state index is 13.3. The number of hydrogen-bond donors (Lipinski definition) is 2. The predicted octanol–water partition coefficient (Wildman–Crippen LogP) is 2.68. The summed E-state index contributed by atoms with van der Waals surface area (Å²) in [6.45, 7) is 0. The lowest BCUT2D eigenvalue weighted by Crippen LogP contribution is -2.36. The average molecular weight is 227 g/mol. The summed E-state index contributed by atoms with van der Waals surface area (Å²) < 4.78 is 26.0. The second-order valence-corrected chi connectivity index (χ2v) is 4.23. The van der Waals surface area contributed by atoms with Crippen molar-refractivity contribution in [1.82, 2.24) is 0 Å². The van der Waals surface area contributed by atoms with E-state index in [-0.39, 0.29) is 11.7 Å². The molecule has 0 unspecified atom stereocenters. The monoisotopic (exact) mass is 227 g/mol. The Morgan fingerprint density at radius 2 is 1.94 bits per heavy atom. The second kappa shape index (κ2) is 4.78. The Morgan fingerprint density at radius 1 is 1.19 bits per heavy atom. The van der Waals surface area contributed by atoms with Gasteiger partial charge in [-0.3, -0.25) is 0 Å². The van der Waals surface area contributed by atoms with Gasteiger partial charge in [-0.25, -0.2) is 8.78 Å². The Hall–Kier alpha value is -1.16. The van der Waals surface area contributed by atoms with Gasteiger partial charge < -0.3 is 10.4 Å². The van der Waals surface area contributed by atoms with Gasteiger partial charge in [0, 0.05) is 6.07 Å². The highest BCUT2D eigenvalue weighted by molar-refractivity contribution is 5.45. The number of rotatable bonds is 2. The number of anilines is 1. The molecule has 0 heterocycles. The Balaban J connectivity index is 2.07. The smallest absolute Gasteiger partial charge is 0.149 e. The van der Waals surface area contributed by atoms with Crippen molar-refractivity contribution in [3.8, 4) is 0 Å². The van der Waals surface area contributed by atoms with Crippen LogP contribution in [0.1, 0.15) is 25.7 Å². The maximum atomic E-state index is 13.3. The molecule has 0 radical (unpaired) electrons. The van der Waals surface area contributed by atoms with Gasteiger partial charge in [-0.2, -0.15) is 0 Å². The molecule has 2 nitrogen and oxygen atoms in total. The molecule has 1 aromatic carbocycles. The van der Waals surface area contributed by atoms with Gasteiger partial charge in [-0.15, -0.1) is 0 Å². The Labute approximate surface area is 93.3 Å². The van der Waals surface area contributed by atoms with Gasteiger partial charge in [0.05, 0.1) is 17.8 Å². The third-order valence-electron chi connectivity index (χ3n) is 3.00. The summed E-state index contributed by atoms with van der Waals surface area (Å²) >= 11 is 0. The van der Waals surface area contributed by atoms with Crippen LogP contribution in [-0.4, -0.2) is 17.3 Å². The molecule has 0 bridgehead atoms. The highest BCUT2D eigenvalue weighted by Gasteiger charge is 2.23. The predicted molar refractivity (Wildman–Crippen MR) is 58.2 cm³/mol. The topological polar surface area (TPSA) is 32.3 Å². The first-order chi connectivity index (χ1) is 7.66.